The van der Waals surface area contributed by atoms with Crippen LogP contribution in [0.15, 0.2) is 59.2 Å². The smallest absolute Gasteiger partial charge is 0.291 e. The van der Waals surface area contributed by atoms with Crippen molar-refractivity contribution in [1.82, 2.24) is 4.90 Å². The lowest BCUT2D eigenvalue weighted by Gasteiger charge is -2.31. The normalized spacial score (nSPS) is 14.2. The van der Waals surface area contributed by atoms with Crippen molar-refractivity contribution in [2.45, 2.75) is 19.8 Å². The van der Waals surface area contributed by atoms with Gasteiger partial charge in [0.15, 0.2) is 11.5 Å². The first-order valence-electron chi connectivity index (χ1n) is 10.6. The van der Waals surface area contributed by atoms with Crippen LogP contribution in [0.5, 0.6) is 0 Å². The lowest BCUT2D eigenvalue weighted by Crippen LogP contribution is -2.40. The number of piperidine rings is 1. The first-order valence-corrected chi connectivity index (χ1v) is 11.3. The molecule has 1 N–H and O–H groups in total. The number of rotatable bonds is 5. The van der Waals surface area contributed by atoms with Gasteiger partial charge in [-0.15, -0.1) is 0 Å². The van der Waals surface area contributed by atoms with E-state index in [0.29, 0.717) is 52.8 Å². The topological polar surface area (TPSA) is 79.6 Å². The van der Waals surface area contributed by atoms with Gasteiger partial charge in [-0.25, -0.2) is 0 Å². The lowest BCUT2D eigenvalue weighted by atomic mass is 9.88. The largest absolute Gasteiger partial charge is 0.459 e. The molecule has 1 aromatic heterocycles. The Labute approximate surface area is 201 Å². The molecule has 2 heterocycles. The van der Waals surface area contributed by atoms with Crippen LogP contribution < -0.4 is 5.32 Å². The molecule has 1 saturated heterocycles. The molecular weight excluding hydrogens is 463 g/mol. The number of furan rings is 1. The highest BCUT2D eigenvalue weighted by Gasteiger charge is 2.29. The van der Waals surface area contributed by atoms with E-state index < -0.39 is 0 Å². The van der Waals surface area contributed by atoms with Gasteiger partial charge in [0, 0.05) is 35.8 Å². The van der Waals surface area contributed by atoms with E-state index in [9.17, 15) is 14.4 Å². The number of amides is 2. The second-order valence-electron chi connectivity index (χ2n) is 8.02. The van der Waals surface area contributed by atoms with Crippen molar-refractivity contribution in [2.75, 3.05) is 18.4 Å². The van der Waals surface area contributed by atoms with Crippen molar-refractivity contribution in [2.24, 2.45) is 5.92 Å². The highest BCUT2D eigenvalue weighted by molar-refractivity contribution is 6.42. The summed E-state index contributed by atoms with van der Waals surface area (Å²) in [5.41, 5.74) is 2.39. The van der Waals surface area contributed by atoms with Crippen LogP contribution in [0.2, 0.25) is 10.0 Å². The molecule has 170 valence electrons. The first-order chi connectivity index (χ1) is 15.8. The van der Waals surface area contributed by atoms with Gasteiger partial charge in [0.05, 0.1) is 16.3 Å². The van der Waals surface area contributed by atoms with Gasteiger partial charge in [0.25, 0.3) is 11.8 Å². The fourth-order valence-electron chi connectivity index (χ4n) is 3.89. The summed E-state index contributed by atoms with van der Waals surface area (Å²) >= 11 is 12.0. The third kappa shape index (κ3) is 5.13. The van der Waals surface area contributed by atoms with E-state index in [1.54, 1.807) is 53.4 Å². The molecule has 33 heavy (non-hydrogen) atoms. The van der Waals surface area contributed by atoms with Gasteiger partial charge in [-0.05, 0) is 67.8 Å². The monoisotopic (exact) mass is 484 g/mol. The Hall–Kier alpha value is -3.09. The Morgan fingerprint density at radius 3 is 2.36 bits per heavy atom. The van der Waals surface area contributed by atoms with Crippen molar-refractivity contribution >= 4 is 46.5 Å². The number of hydrogen-bond donors (Lipinski definition) is 1. The summed E-state index contributed by atoms with van der Waals surface area (Å²) < 4.78 is 5.13. The minimum Gasteiger partial charge on any atom is -0.459 e. The van der Waals surface area contributed by atoms with Gasteiger partial charge in [0.1, 0.15) is 0 Å². The lowest BCUT2D eigenvalue weighted by molar-refractivity contribution is 0.0650. The van der Waals surface area contributed by atoms with E-state index in [4.69, 9.17) is 27.6 Å². The molecule has 2 amide bonds. The molecule has 0 radical (unpaired) electrons. The number of nitrogens with zero attached hydrogens (tertiary/aromatic N) is 1. The summed E-state index contributed by atoms with van der Waals surface area (Å²) in [6.07, 6.45) is 2.56. The fraction of sp³-hybridized carbons (Fsp3) is 0.240. The van der Waals surface area contributed by atoms with Crippen LogP contribution in [0.3, 0.4) is 0 Å². The predicted octanol–water partition coefficient (Wildman–Crippen LogP) is 5.88. The number of aryl methyl sites for hydroxylation is 1. The molecule has 3 aromatic rings. The number of nitrogens with one attached hydrogen (secondary N) is 1. The Kier molecular flexibility index (Phi) is 6.86. The van der Waals surface area contributed by atoms with Crippen molar-refractivity contribution in [3.63, 3.8) is 0 Å². The van der Waals surface area contributed by atoms with Crippen molar-refractivity contribution in [3.8, 4) is 0 Å². The van der Waals surface area contributed by atoms with E-state index in [1.807, 2.05) is 6.92 Å². The summed E-state index contributed by atoms with van der Waals surface area (Å²) in [5, 5.41) is 3.55. The molecule has 8 heteroatoms. The second-order valence-corrected chi connectivity index (χ2v) is 8.84. The van der Waals surface area contributed by atoms with Crippen molar-refractivity contribution < 1.29 is 18.8 Å². The molecule has 1 aliphatic rings. The summed E-state index contributed by atoms with van der Waals surface area (Å²) in [4.78, 5) is 40.0. The van der Waals surface area contributed by atoms with Gasteiger partial charge in [-0.3, -0.25) is 14.4 Å². The maximum atomic E-state index is 13.1. The predicted molar refractivity (Wildman–Crippen MR) is 127 cm³/mol. The number of hydrogen-bond acceptors (Lipinski definition) is 4. The summed E-state index contributed by atoms with van der Waals surface area (Å²) in [6.45, 7) is 2.79. The minimum absolute atomic E-state index is 0.0129. The van der Waals surface area contributed by atoms with Crippen LogP contribution in [0, 0.1) is 12.8 Å². The van der Waals surface area contributed by atoms with Crippen molar-refractivity contribution in [3.05, 3.63) is 87.3 Å². The standard InChI is InChI=1S/C25H22Cl2N2O4/c1-15-4-5-18(14-21(15)28-24(31)22-3-2-12-33-22)25(32)29-10-8-16(9-11-29)23(30)17-6-7-19(26)20(27)13-17/h2-7,12-14,16H,8-11H2,1H3,(H,28,31). The van der Waals surface area contributed by atoms with Crippen LogP contribution in [0.25, 0.3) is 0 Å². The average Bonchev–Trinajstić information content (AvgIpc) is 3.37. The van der Waals surface area contributed by atoms with E-state index in [1.165, 1.54) is 6.26 Å². The molecule has 1 aliphatic heterocycles. The summed E-state index contributed by atoms with van der Waals surface area (Å²) in [6, 6.07) is 13.3. The number of halogens is 2. The van der Waals surface area contributed by atoms with Gasteiger partial charge < -0.3 is 14.6 Å². The zero-order chi connectivity index (χ0) is 23.5. The van der Waals surface area contributed by atoms with E-state index in [-0.39, 0.29) is 29.3 Å². The molecule has 0 unspecified atom stereocenters. The van der Waals surface area contributed by atoms with Gasteiger partial charge >= 0.3 is 0 Å². The first kappa shape index (κ1) is 23.1. The molecule has 0 atom stereocenters. The highest BCUT2D eigenvalue weighted by atomic mass is 35.5. The van der Waals surface area contributed by atoms with Gasteiger partial charge in [-0.1, -0.05) is 29.3 Å². The highest BCUT2D eigenvalue weighted by Crippen LogP contribution is 2.28. The van der Waals surface area contributed by atoms with Crippen LogP contribution in [0.4, 0.5) is 5.69 Å². The molecule has 0 bridgehead atoms. The minimum atomic E-state index is -0.380. The Bertz CT molecular complexity index is 1200. The number of ketones is 1. The third-order valence-corrected chi connectivity index (χ3v) is 6.57. The van der Waals surface area contributed by atoms with Crippen molar-refractivity contribution in [1.29, 1.82) is 0 Å². The number of Topliss-reactive ketones (excluding diaryl/α,β-unsaturated/α-hetero) is 1. The van der Waals surface area contributed by atoms with Gasteiger partial charge in [-0.2, -0.15) is 0 Å². The summed E-state index contributed by atoms with van der Waals surface area (Å²) in [7, 11) is 0. The zero-order valence-electron chi connectivity index (χ0n) is 17.9. The molecule has 6 nitrogen and oxygen atoms in total. The van der Waals surface area contributed by atoms with Gasteiger partial charge in [0.2, 0.25) is 0 Å². The van der Waals surface area contributed by atoms with Crippen LogP contribution in [0.1, 0.15) is 49.7 Å². The SMILES string of the molecule is Cc1ccc(C(=O)N2CCC(C(=O)c3ccc(Cl)c(Cl)c3)CC2)cc1NC(=O)c1ccco1. The Morgan fingerprint density at radius 2 is 1.70 bits per heavy atom. The number of carbonyl (C=O) groups is 3. The maximum Gasteiger partial charge on any atom is 0.291 e. The molecule has 0 saturated carbocycles. The number of benzene rings is 2. The van der Waals surface area contributed by atoms with Crippen LogP contribution in [-0.2, 0) is 0 Å². The molecule has 4 rings (SSSR count). The van der Waals surface area contributed by atoms with Crippen LogP contribution in [-0.4, -0.2) is 35.6 Å². The molecule has 2 aromatic carbocycles. The van der Waals surface area contributed by atoms with E-state index in [0.717, 1.165) is 5.56 Å². The number of likely N-dealkylation sites (tertiary alicyclic amines) is 1. The fourth-order valence-corrected chi connectivity index (χ4v) is 4.19. The molecular formula is C25H22Cl2N2O4. The summed E-state index contributed by atoms with van der Waals surface area (Å²) in [5.74, 6) is -0.482. The zero-order valence-corrected chi connectivity index (χ0v) is 19.4. The maximum absolute atomic E-state index is 13.1. The molecule has 1 fully saturated rings. The number of anilines is 1. The average molecular weight is 485 g/mol. The molecule has 0 spiro atoms. The van der Waals surface area contributed by atoms with Crippen LogP contribution >= 0.6 is 23.2 Å². The van der Waals surface area contributed by atoms with E-state index in [2.05, 4.69) is 5.32 Å². The second kappa shape index (κ2) is 9.81. The number of carbonyl (C=O) groups excluding carboxylic acids is 3. The Balaban J connectivity index is 1.40. The quantitative estimate of drug-likeness (QED) is 0.458. The third-order valence-electron chi connectivity index (χ3n) is 5.83. The Morgan fingerprint density at radius 1 is 0.970 bits per heavy atom. The van der Waals surface area contributed by atoms with E-state index >= 15 is 0 Å². The molecule has 0 aliphatic carbocycles.